The highest BCUT2D eigenvalue weighted by atomic mass is 32.2. The summed E-state index contributed by atoms with van der Waals surface area (Å²) in [4.78, 5) is 9.87. The van der Waals surface area contributed by atoms with Crippen LogP contribution in [0.25, 0.3) is 0 Å². The minimum atomic E-state index is -4.35. The molecular weight excluding hydrogens is 293 g/mol. The quantitative estimate of drug-likeness (QED) is 0.564. The predicted molar refractivity (Wildman–Crippen MR) is 66.3 cm³/mol. The van der Waals surface area contributed by atoms with E-state index in [1.165, 1.54) is 6.92 Å². The third kappa shape index (κ3) is 3.51. The fourth-order valence-electron chi connectivity index (χ4n) is 1.35. The molecule has 0 aliphatic carbocycles. The Morgan fingerprint density at radius 1 is 1.35 bits per heavy atom. The van der Waals surface area contributed by atoms with Gasteiger partial charge in [0.25, 0.3) is 0 Å². The second-order valence-corrected chi connectivity index (χ2v) is 6.08. The third-order valence-corrected chi connectivity index (χ3v) is 4.22. The van der Waals surface area contributed by atoms with Crippen LogP contribution < -0.4 is 4.72 Å². The Bertz CT molecular complexity index is 611. The van der Waals surface area contributed by atoms with Crippen LogP contribution >= 0.6 is 0 Å². The van der Waals surface area contributed by atoms with Gasteiger partial charge < -0.3 is 15.3 Å². The van der Waals surface area contributed by atoms with Crippen molar-refractivity contribution in [2.24, 2.45) is 0 Å². The molecule has 1 aromatic rings. The zero-order chi connectivity index (χ0) is 15.6. The van der Waals surface area contributed by atoms with Crippen LogP contribution in [0.1, 0.15) is 17.3 Å². The number of hydrogen-bond donors (Lipinski definition) is 4. The molecule has 0 aromatic heterocycles. The van der Waals surface area contributed by atoms with E-state index < -0.39 is 51.0 Å². The van der Waals surface area contributed by atoms with Gasteiger partial charge in [0.2, 0.25) is 10.0 Å². The van der Waals surface area contributed by atoms with Crippen molar-refractivity contribution >= 4 is 16.0 Å². The lowest BCUT2D eigenvalue weighted by Crippen LogP contribution is -2.51. The van der Waals surface area contributed by atoms with Gasteiger partial charge in [-0.05, 0) is 25.1 Å². The summed E-state index contributed by atoms with van der Waals surface area (Å²) in [6.45, 7) is -0.164. The van der Waals surface area contributed by atoms with Crippen LogP contribution in [0, 0.1) is 5.82 Å². The third-order valence-electron chi connectivity index (χ3n) is 2.55. The lowest BCUT2D eigenvalue weighted by Gasteiger charge is -2.25. The molecular formula is C11H14FNO6S. The lowest BCUT2D eigenvalue weighted by atomic mass is 10.1. The van der Waals surface area contributed by atoms with E-state index in [1.54, 1.807) is 0 Å². The number of carboxylic acids is 1. The number of hydrogen-bond acceptors (Lipinski definition) is 5. The molecule has 0 heterocycles. The highest BCUT2D eigenvalue weighted by molar-refractivity contribution is 7.89. The number of nitrogens with one attached hydrogen (secondary N) is 1. The molecule has 20 heavy (non-hydrogen) atoms. The van der Waals surface area contributed by atoms with E-state index in [4.69, 9.17) is 15.3 Å². The first-order valence-corrected chi connectivity index (χ1v) is 6.92. The van der Waals surface area contributed by atoms with Gasteiger partial charge in [0.15, 0.2) is 0 Å². The molecule has 0 atom stereocenters. The maximum absolute atomic E-state index is 13.7. The standard InChI is InChI=1S/C11H14FNO6S/c1-11(5-14,6-15)13-20(18,19)9-3-2-7(10(16)17)4-8(9)12/h2-4,13-15H,5-6H2,1H3,(H,16,17). The smallest absolute Gasteiger partial charge is 0.335 e. The first-order valence-electron chi connectivity index (χ1n) is 5.44. The van der Waals surface area contributed by atoms with Gasteiger partial charge >= 0.3 is 5.97 Å². The zero-order valence-electron chi connectivity index (χ0n) is 10.5. The van der Waals surface area contributed by atoms with Crippen molar-refractivity contribution in [1.82, 2.24) is 4.72 Å². The number of halogens is 1. The highest BCUT2D eigenvalue weighted by Crippen LogP contribution is 2.18. The Kier molecular flexibility index (Phi) is 4.81. The van der Waals surface area contributed by atoms with Crippen molar-refractivity contribution in [3.05, 3.63) is 29.6 Å². The topological polar surface area (TPSA) is 124 Å². The summed E-state index contributed by atoms with van der Waals surface area (Å²) < 4.78 is 39.5. The molecule has 112 valence electrons. The average Bonchev–Trinajstić information content (AvgIpc) is 2.37. The molecule has 7 nitrogen and oxygen atoms in total. The van der Waals surface area contributed by atoms with Crippen molar-refractivity contribution < 1.29 is 32.9 Å². The number of carbonyl (C=O) groups is 1. The monoisotopic (exact) mass is 307 g/mol. The molecule has 1 aromatic carbocycles. The van der Waals surface area contributed by atoms with E-state index in [-0.39, 0.29) is 0 Å². The molecule has 0 aliphatic heterocycles. The number of aliphatic hydroxyl groups excluding tert-OH is 2. The Morgan fingerprint density at radius 3 is 2.30 bits per heavy atom. The molecule has 9 heteroatoms. The van der Waals surface area contributed by atoms with Crippen LogP contribution in [0.4, 0.5) is 4.39 Å². The average molecular weight is 307 g/mol. The molecule has 0 saturated heterocycles. The van der Waals surface area contributed by atoms with E-state index in [0.717, 1.165) is 12.1 Å². The molecule has 0 spiro atoms. The van der Waals surface area contributed by atoms with Gasteiger partial charge in [-0.3, -0.25) is 0 Å². The minimum Gasteiger partial charge on any atom is -0.478 e. The molecule has 0 radical (unpaired) electrons. The van der Waals surface area contributed by atoms with Crippen molar-refractivity contribution in [3.8, 4) is 0 Å². The SMILES string of the molecule is CC(CO)(CO)NS(=O)(=O)c1ccc(C(=O)O)cc1F. The van der Waals surface area contributed by atoms with Gasteiger partial charge in [-0.2, -0.15) is 0 Å². The van der Waals surface area contributed by atoms with E-state index in [2.05, 4.69) is 0 Å². The first kappa shape index (κ1) is 16.5. The van der Waals surface area contributed by atoms with E-state index in [1.807, 2.05) is 4.72 Å². The van der Waals surface area contributed by atoms with Gasteiger partial charge in [-0.25, -0.2) is 22.3 Å². The van der Waals surface area contributed by atoms with Gasteiger partial charge in [0.1, 0.15) is 10.7 Å². The second-order valence-electron chi connectivity index (χ2n) is 4.43. The van der Waals surface area contributed by atoms with Gasteiger partial charge in [-0.1, -0.05) is 0 Å². The molecule has 1 rings (SSSR count). The summed E-state index contributed by atoms with van der Waals surface area (Å²) in [5, 5.41) is 26.7. The Morgan fingerprint density at radius 2 is 1.90 bits per heavy atom. The number of benzene rings is 1. The van der Waals surface area contributed by atoms with Crippen LogP contribution in [-0.2, 0) is 10.0 Å². The van der Waals surface area contributed by atoms with Gasteiger partial charge in [0, 0.05) is 0 Å². The van der Waals surface area contributed by atoms with Crippen LogP contribution in [0.2, 0.25) is 0 Å². The number of carboxylic acid groups (broad SMARTS) is 1. The van der Waals surface area contributed by atoms with E-state index >= 15 is 0 Å². The fourth-order valence-corrected chi connectivity index (χ4v) is 2.80. The predicted octanol–water partition coefficient (Wildman–Crippen LogP) is -0.455. The summed E-state index contributed by atoms with van der Waals surface area (Å²) in [6, 6.07) is 2.32. The van der Waals surface area contributed by atoms with Crippen molar-refractivity contribution in [3.63, 3.8) is 0 Å². The van der Waals surface area contributed by atoms with Crippen LogP contribution in [-0.4, -0.2) is 48.5 Å². The lowest BCUT2D eigenvalue weighted by molar-refractivity contribution is 0.0696. The molecule has 0 unspecified atom stereocenters. The minimum absolute atomic E-state index is 0.395. The number of aliphatic hydroxyl groups is 2. The highest BCUT2D eigenvalue weighted by Gasteiger charge is 2.31. The first-order chi connectivity index (χ1) is 9.15. The number of sulfonamides is 1. The second kappa shape index (κ2) is 5.83. The summed E-state index contributed by atoms with van der Waals surface area (Å²) in [5.74, 6) is -2.63. The molecule has 0 fully saturated rings. The van der Waals surface area contributed by atoms with Crippen LogP contribution in [0.3, 0.4) is 0 Å². The maximum atomic E-state index is 13.7. The van der Waals surface area contributed by atoms with Crippen molar-refractivity contribution in [1.29, 1.82) is 0 Å². The number of rotatable bonds is 6. The largest absolute Gasteiger partial charge is 0.478 e. The van der Waals surface area contributed by atoms with Gasteiger partial charge in [0.05, 0.1) is 24.3 Å². The fraction of sp³-hybridized carbons (Fsp3) is 0.364. The zero-order valence-corrected chi connectivity index (χ0v) is 11.3. The Balaban J connectivity index is 3.20. The Hall–Kier alpha value is -1.55. The van der Waals surface area contributed by atoms with E-state index in [0.29, 0.717) is 6.07 Å². The molecule has 4 N–H and O–H groups in total. The molecule has 0 amide bonds. The van der Waals surface area contributed by atoms with Crippen molar-refractivity contribution in [2.75, 3.05) is 13.2 Å². The summed E-state index contributed by atoms with van der Waals surface area (Å²) in [7, 11) is -4.35. The normalized spacial score (nSPS) is 12.4. The molecule has 0 aliphatic rings. The number of aromatic carboxylic acids is 1. The van der Waals surface area contributed by atoms with Crippen molar-refractivity contribution in [2.45, 2.75) is 17.4 Å². The Labute approximate surface area is 114 Å². The molecule has 0 saturated carbocycles. The summed E-state index contributed by atoms with van der Waals surface area (Å²) in [6.07, 6.45) is 0. The summed E-state index contributed by atoms with van der Waals surface area (Å²) >= 11 is 0. The maximum Gasteiger partial charge on any atom is 0.335 e. The molecule has 0 bridgehead atoms. The van der Waals surface area contributed by atoms with Gasteiger partial charge in [-0.15, -0.1) is 0 Å². The summed E-state index contributed by atoms with van der Waals surface area (Å²) in [5.41, 5.74) is -1.95. The van der Waals surface area contributed by atoms with E-state index in [9.17, 15) is 17.6 Å². The van der Waals surface area contributed by atoms with Crippen LogP contribution in [0.5, 0.6) is 0 Å². The van der Waals surface area contributed by atoms with Crippen LogP contribution in [0.15, 0.2) is 23.1 Å².